The lowest BCUT2D eigenvalue weighted by atomic mass is 10.2. The Labute approximate surface area is 197 Å². The van der Waals surface area contributed by atoms with Crippen molar-refractivity contribution in [3.63, 3.8) is 0 Å². The first-order valence-electron chi connectivity index (χ1n) is 11.1. The van der Waals surface area contributed by atoms with Crippen LogP contribution in [-0.4, -0.2) is 61.0 Å². The van der Waals surface area contributed by atoms with E-state index in [-0.39, 0.29) is 5.91 Å². The van der Waals surface area contributed by atoms with Gasteiger partial charge in [0.1, 0.15) is 22.9 Å². The number of carbonyl (C=O) groups excluding carboxylic acids is 1. The van der Waals surface area contributed by atoms with E-state index >= 15 is 0 Å². The van der Waals surface area contributed by atoms with Crippen LogP contribution in [0.15, 0.2) is 77.4 Å². The van der Waals surface area contributed by atoms with Crippen LogP contribution in [0.4, 0.5) is 5.69 Å². The van der Waals surface area contributed by atoms with Gasteiger partial charge in [-0.05, 0) is 48.5 Å². The van der Waals surface area contributed by atoms with Crippen molar-refractivity contribution in [1.29, 1.82) is 0 Å². The number of anilines is 1. The molecule has 8 heteroatoms. The number of benzene rings is 2. The minimum atomic E-state index is -0.0687. The van der Waals surface area contributed by atoms with Crippen molar-refractivity contribution in [2.45, 2.75) is 0 Å². The first-order valence-corrected chi connectivity index (χ1v) is 11.1. The molecular formula is C26H26N4O4. The molecule has 0 radical (unpaired) electrons. The predicted molar refractivity (Wildman–Crippen MR) is 129 cm³/mol. The monoisotopic (exact) mass is 458 g/mol. The number of rotatable bonds is 6. The second-order valence-corrected chi connectivity index (χ2v) is 7.95. The third kappa shape index (κ3) is 4.10. The zero-order chi connectivity index (χ0) is 23.5. The Hall–Kier alpha value is -4.20. The molecule has 0 N–H and O–H groups in total. The first-order chi connectivity index (χ1) is 16.7. The summed E-state index contributed by atoms with van der Waals surface area (Å²) in [4.78, 5) is 17.8. The van der Waals surface area contributed by atoms with Gasteiger partial charge in [-0.15, -0.1) is 0 Å². The van der Waals surface area contributed by atoms with Gasteiger partial charge in [0.05, 0.1) is 31.9 Å². The van der Waals surface area contributed by atoms with E-state index in [4.69, 9.17) is 13.9 Å². The molecule has 8 nitrogen and oxygen atoms in total. The molecule has 1 fully saturated rings. The number of ether oxygens (including phenoxy) is 2. The van der Waals surface area contributed by atoms with Gasteiger partial charge in [0.15, 0.2) is 5.76 Å². The normalized spacial score (nSPS) is 13.7. The third-order valence-corrected chi connectivity index (χ3v) is 6.01. The standard InChI is InChI=1S/C26H26N4O4/c1-32-20-11-9-19(10-12-20)30-23(18-21(27-30)24-8-5-17-34-24)26(31)29-15-13-28(14-16-29)22-6-3-4-7-25(22)33-2/h3-12,17-18H,13-16H2,1-2H3. The van der Waals surface area contributed by atoms with E-state index < -0.39 is 0 Å². The van der Waals surface area contributed by atoms with Crippen LogP contribution in [0.2, 0.25) is 0 Å². The fraction of sp³-hybridized carbons (Fsp3) is 0.231. The zero-order valence-electron chi connectivity index (χ0n) is 19.2. The van der Waals surface area contributed by atoms with E-state index in [0.29, 0.717) is 43.3 Å². The van der Waals surface area contributed by atoms with Crippen LogP contribution in [0, 0.1) is 0 Å². The number of para-hydroxylation sites is 2. The highest BCUT2D eigenvalue weighted by Crippen LogP contribution is 2.29. The fourth-order valence-electron chi connectivity index (χ4n) is 4.20. The van der Waals surface area contributed by atoms with Gasteiger partial charge in [-0.25, -0.2) is 4.68 Å². The van der Waals surface area contributed by atoms with Gasteiger partial charge in [-0.3, -0.25) is 4.79 Å². The average molecular weight is 459 g/mol. The summed E-state index contributed by atoms with van der Waals surface area (Å²) < 4.78 is 18.0. The van der Waals surface area contributed by atoms with Gasteiger partial charge >= 0.3 is 0 Å². The van der Waals surface area contributed by atoms with E-state index in [1.165, 1.54) is 0 Å². The third-order valence-electron chi connectivity index (χ3n) is 6.01. The topological polar surface area (TPSA) is 73.0 Å². The molecule has 1 saturated heterocycles. The van der Waals surface area contributed by atoms with Crippen LogP contribution in [-0.2, 0) is 0 Å². The van der Waals surface area contributed by atoms with Gasteiger partial charge in [0, 0.05) is 32.2 Å². The summed E-state index contributed by atoms with van der Waals surface area (Å²) in [6.45, 7) is 2.63. The molecule has 3 heterocycles. The van der Waals surface area contributed by atoms with E-state index in [9.17, 15) is 4.79 Å². The second-order valence-electron chi connectivity index (χ2n) is 7.95. The highest BCUT2D eigenvalue weighted by atomic mass is 16.5. The molecule has 34 heavy (non-hydrogen) atoms. The van der Waals surface area contributed by atoms with Crippen molar-refractivity contribution in [2.24, 2.45) is 0 Å². The maximum absolute atomic E-state index is 13.6. The van der Waals surface area contributed by atoms with Gasteiger partial charge in [-0.1, -0.05) is 12.1 Å². The molecule has 0 unspecified atom stereocenters. The molecule has 0 atom stereocenters. The Balaban J connectivity index is 1.41. The maximum Gasteiger partial charge on any atom is 0.272 e. The van der Waals surface area contributed by atoms with Crippen LogP contribution in [0.25, 0.3) is 17.1 Å². The fourth-order valence-corrected chi connectivity index (χ4v) is 4.20. The van der Waals surface area contributed by atoms with Crippen LogP contribution in [0.3, 0.4) is 0 Å². The Bertz CT molecular complexity index is 1260. The Morgan fingerprint density at radius 2 is 1.68 bits per heavy atom. The zero-order valence-corrected chi connectivity index (χ0v) is 19.2. The molecule has 1 aliphatic heterocycles. The number of amides is 1. The molecule has 1 amide bonds. The summed E-state index contributed by atoms with van der Waals surface area (Å²) in [5.41, 5.74) is 2.91. The van der Waals surface area contributed by atoms with Crippen molar-refractivity contribution in [3.05, 3.63) is 78.7 Å². The molecule has 0 bridgehead atoms. The van der Waals surface area contributed by atoms with Gasteiger partial charge in [-0.2, -0.15) is 5.10 Å². The number of hydrogen-bond acceptors (Lipinski definition) is 6. The van der Waals surface area contributed by atoms with Crippen molar-refractivity contribution in [1.82, 2.24) is 14.7 Å². The van der Waals surface area contributed by atoms with Crippen LogP contribution in [0.1, 0.15) is 10.5 Å². The smallest absolute Gasteiger partial charge is 0.272 e. The summed E-state index contributed by atoms with van der Waals surface area (Å²) in [7, 11) is 3.30. The number of piperazine rings is 1. The van der Waals surface area contributed by atoms with Crippen LogP contribution >= 0.6 is 0 Å². The Kier molecular flexibility index (Phi) is 5.95. The molecule has 174 valence electrons. The van der Waals surface area contributed by atoms with E-state index in [1.807, 2.05) is 59.5 Å². The summed E-state index contributed by atoms with van der Waals surface area (Å²) in [6, 6.07) is 20.9. The van der Waals surface area contributed by atoms with Crippen molar-refractivity contribution < 1.29 is 18.7 Å². The number of methoxy groups -OCH3 is 2. The lowest BCUT2D eigenvalue weighted by Gasteiger charge is -2.36. The largest absolute Gasteiger partial charge is 0.497 e. The van der Waals surface area contributed by atoms with Gasteiger partial charge < -0.3 is 23.7 Å². The SMILES string of the molecule is COc1ccc(-n2nc(-c3ccco3)cc2C(=O)N2CCN(c3ccccc3OC)CC2)cc1. The first kappa shape index (κ1) is 21.6. The maximum atomic E-state index is 13.6. The average Bonchev–Trinajstić information content (AvgIpc) is 3.59. The van der Waals surface area contributed by atoms with Crippen LogP contribution in [0.5, 0.6) is 11.5 Å². The Morgan fingerprint density at radius 3 is 2.35 bits per heavy atom. The summed E-state index contributed by atoms with van der Waals surface area (Å²) >= 11 is 0. The minimum Gasteiger partial charge on any atom is -0.497 e. The highest BCUT2D eigenvalue weighted by Gasteiger charge is 2.27. The second kappa shape index (κ2) is 9.35. The number of hydrogen-bond donors (Lipinski definition) is 0. The molecule has 2 aromatic heterocycles. The van der Waals surface area contributed by atoms with Gasteiger partial charge in [0.2, 0.25) is 0 Å². The van der Waals surface area contributed by atoms with Crippen molar-refractivity contribution in [2.75, 3.05) is 45.3 Å². The van der Waals surface area contributed by atoms with E-state index in [1.54, 1.807) is 37.3 Å². The number of furan rings is 1. The molecule has 0 saturated carbocycles. The molecule has 1 aliphatic rings. The molecule has 2 aromatic carbocycles. The number of nitrogens with zero attached hydrogens (tertiary/aromatic N) is 4. The Morgan fingerprint density at radius 1 is 0.912 bits per heavy atom. The molecular weight excluding hydrogens is 432 g/mol. The van der Waals surface area contributed by atoms with Crippen LogP contribution < -0.4 is 14.4 Å². The number of carbonyl (C=O) groups is 1. The summed E-state index contributed by atoms with van der Waals surface area (Å²) in [5, 5.41) is 4.69. The molecule has 0 spiro atoms. The van der Waals surface area contributed by atoms with Gasteiger partial charge in [0.25, 0.3) is 5.91 Å². The molecule has 4 aromatic rings. The lowest BCUT2D eigenvalue weighted by Crippen LogP contribution is -2.49. The van der Waals surface area contributed by atoms with E-state index in [0.717, 1.165) is 22.9 Å². The molecule has 0 aliphatic carbocycles. The number of aromatic nitrogens is 2. The minimum absolute atomic E-state index is 0.0687. The van der Waals surface area contributed by atoms with E-state index in [2.05, 4.69) is 10.00 Å². The quantitative estimate of drug-likeness (QED) is 0.433. The summed E-state index contributed by atoms with van der Waals surface area (Å²) in [6.07, 6.45) is 1.60. The predicted octanol–water partition coefficient (Wildman–Crippen LogP) is 4.11. The highest BCUT2D eigenvalue weighted by molar-refractivity contribution is 5.94. The summed E-state index contributed by atoms with van der Waals surface area (Å²) in [5.74, 6) is 2.12. The van der Waals surface area contributed by atoms with Crippen molar-refractivity contribution >= 4 is 11.6 Å². The lowest BCUT2D eigenvalue weighted by molar-refractivity contribution is 0.0737. The van der Waals surface area contributed by atoms with Crippen molar-refractivity contribution in [3.8, 4) is 28.6 Å². The molecule has 5 rings (SSSR count).